The molecule has 0 saturated carbocycles. The standard InChI is InChI=1S/C15H18N2O6/c1-10(18)16-7-11-4-3-5-12(6-11)15(22)17(8-13(19)20)9-14(21)23-2/h3-6H,7-9H2,1-2H3,(H,16,18)(H,19,20). The number of hydrogen-bond acceptors (Lipinski definition) is 5. The van der Waals surface area contributed by atoms with Crippen LogP contribution in [0.15, 0.2) is 24.3 Å². The van der Waals surface area contributed by atoms with Crippen molar-refractivity contribution < 1.29 is 29.0 Å². The van der Waals surface area contributed by atoms with E-state index in [0.717, 1.165) is 12.0 Å². The molecule has 0 aliphatic heterocycles. The van der Waals surface area contributed by atoms with Crippen molar-refractivity contribution in [3.8, 4) is 0 Å². The molecule has 0 atom stereocenters. The fraction of sp³-hybridized carbons (Fsp3) is 0.333. The van der Waals surface area contributed by atoms with Crippen LogP contribution in [0.1, 0.15) is 22.8 Å². The highest BCUT2D eigenvalue weighted by molar-refractivity contribution is 5.97. The molecule has 0 aliphatic rings. The molecule has 0 spiro atoms. The first-order chi connectivity index (χ1) is 10.8. The molecule has 2 N–H and O–H groups in total. The van der Waals surface area contributed by atoms with Crippen molar-refractivity contribution >= 4 is 23.8 Å². The molecular weight excluding hydrogens is 304 g/mol. The lowest BCUT2D eigenvalue weighted by Gasteiger charge is -2.19. The van der Waals surface area contributed by atoms with Crippen LogP contribution in [-0.4, -0.2) is 54.0 Å². The molecule has 0 aliphatic carbocycles. The van der Waals surface area contributed by atoms with Gasteiger partial charge in [-0.1, -0.05) is 12.1 Å². The van der Waals surface area contributed by atoms with Crippen LogP contribution in [0.3, 0.4) is 0 Å². The number of nitrogens with one attached hydrogen (secondary N) is 1. The average Bonchev–Trinajstić information content (AvgIpc) is 2.51. The van der Waals surface area contributed by atoms with E-state index in [1.165, 1.54) is 19.1 Å². The molecule has 0 fully saturated rings. The second-order valence-electron chi connectivity index (χ2n) is 4.74. The molecule has 0 heterocycles. The molecular formula is C15H18N2O6. The number of benzene rings is 1. The smallest absolute Gasteiger partial charge is 0.325 e. The normalized spacial score (nSPS) is 9.83. The number of rotatable bonds is 7. The molecule has 0 unspecified atom stereocenters. The lowest BCUT2D eigenvalue weighted by Crippen LogP contribution is -2.39. The fourth-order valence-corrected chi connectivity index (χ4v) is 1.81. The number of aliphatic carboxylic acids is 1. The Hall–Kier alpha value is -2.90. The van der Waals surface area contributed by atoms with Crippen LogP contribution in [0, 0.1) is 0 Å². The third kappa shape index (κ3) is 6.16. The summed E-state index contributed by atoms with van der Waals surface area (Å²) < 4.78 is 4.46. The van der Waals surface area contributed by atoms with E-state index in [0.29, 0.717) is 5.56 Å². The highest BCUT2D eigenvalue weighted by Gasteiger charge is 2.21. The van der Waals surface area contributed by atoms with Gasteiger partial charge in [-0.15, -0.1) is 0 Å². The zero-order chi connectivity index (χ0) is 17.4. The van der Waals surface area contributed by atoms with Gasteiger partial charge < -0.3 is 20.1 Å². The van der Waals surface area contributed by atoms with Crippen molar-refractivity contribution in [1.82, 2.24) is 10.2 Å². The van der Waals surface area contributed by atoms with Gasteiger partial charge in [-0.3, -0.25) is 19.2 Å². The number of carbonyl (C=O) groups is 4. The summed E-state index contributed by atoms with van der Waals surface area (Å²) >= 11 is 0. The number of ether oxygens (including phenoxy) is 1. The van der Waals surface area contributed by atoms with Gasteiger partial charge in [0.2, 0.25) is 5.91 Å². The maximum Gasteiger partial charge on any atom is 0.325 e. The predicted molar refractivity (Wildman–Crippen MR) is 79.5 cm³/mol. The maximum atomic E-state index is 12.4. The van der Waals surface area contributed by atoms with E-state index in [-0.39, 0.29) is 18.0 Å². The summed E-state index contributed by atoms with van der Waals surface area (Å²) in [7, 11) is 1.15. The Morgan fingerprint density at radius 2 is 1.91 bits per heavy atom. The number of esters is 1. The number of nitrogens with zero attached hydrogens (tertiary/aromatic N) is 1. The topological polar surface area (TPSA) is 113 Å². The molecule has 1 aromatic carbocycles. The summed E-state index contributed by atoms with van der Waals surface area (Å²) in [6.45, 7) is 0.535. The SMILES string of the molecule is COC(=O)CN(CC(=O)O)C(=O)c1cccc(CNC(C)=O)c1. The van der Waals surface area contributed by atoms with Crippen LogP contribution in [0.4, 0.5) is 0 Å². The van der Waals surface area contributed by atoms with Crippen molar-refractivity contribution in [3.05, 3.63) is 35.4 Å². The summed E-state index contributed by atoms with van der Waals surface area (Å²) in [4.78, 5) is 46.4. The van der Waals surface area contributed by atoms with Gasteiger partial charge in [-0.25, -0.2) is 0 Å². The van der Waals surface area contributed by atoms with Crippen LogP contribution in [0.25, 0.3) is 0 Å². The first-order valence-electron chi connectivity index (χ1n) is 6.74. The fourth-order valence-electron chi connectivity index (χ4n) is 1.81. The average molecular weight is 322 g/mol. The predicted octanol–water partition coefficient (Wildman–Crippen LogP) is 0.0225. The van der Waals surface area contributed by atoms with E-state index in [9.17, 15) is 19.2 Å². The van der Waals surface area contributed by atoms with Gasteiger partial charge in [-0.2, -0.15) is 0 Å². The van der Waals surface area contributed by atoms with Crippen LogP contribution in [0.2, 0.25) is 0 Å². The highest BCUT2D eigenvalue weighted by atomic mass is 16.5. The first kappa shape index (κ1) is 18.1. The number of amides is 2. The van der Waals surface area contributed by atoms with Gasteiger partial charge in [0.05, 0.1) is 7.11 Å². The molecule has 2 amide bonds. The Bertz CT molecular complexity index is 614. The second kappa shape index (κ2) is 8.52. The molecule has 124 valence electrons. The minimum Gasteiger partial charge on any atom is -0.480 e. The van der Waals surface area contributed by atoms with Gasteiger partial charge in [0.1, 0.15) is 13.1 Å². The Morgan fingerprint density at radius 3 is 2.48 bits per heavy atom. The molecule has 23 heavy (non-hydrogen) atoms. The highest BCUT2D eigenvalue weighted by Crippen LogP contribution is 2.09. The maximum absolute atomic E-state index is 12.4. The molecule has 0 aromatic heterocycles. The van der Waals surface area contributed by atoms with E-state index in [1.54, 1.807) is 12.1 Å². The zero-order valence-corrected chi connectivity index (χ0v) is 12.9. The van der Waals surface area contributed by atoms with Gasteiger partial charge >= 0.3 is 11.9 Å². The molecule has 0 saturated heterocycles. The summed E-state index contributed by atoms with van der Waals surface area (Å²) in [5, 5.41) is 11.5. The minimum atomic E-state index is -1.24. The molecule has 8 heteroatoms. The van der Waals surface area contributed by atoms with E-state index < -0.39 is 30.9 Å². The van der Waals surface area contributed by atoms with Gasteiger partial charge in [-0.05, 0) is 17.7 Å². The van der Waals surface area contributed by atoms with Crippen LogP contribution >= 0.6 is 0 Å². The summed E-state index contributed by atoms with van der Waals surface area (Å²) in [6, 6.07) is 6.37. The van der Waals surface area contributed by atoms with E-state index in [2.05, 4.69) is 10.1 Å². The van der Waals surface area contributed by atoms with Crippen molar-refractivity contribution in [1.29, 1.82) is 0 Å². The first-order valence-corrected chi connectivity index (χ1v) is 6.74. The molecule has 0 radical (unpaired) electrons. The van der Waals surface area contributed by atoms with Crippen molar-refractivity contribution in [2.24, 2.45) is 0 Å². The Balaban J connectivity index is 2.93. The monoisotopic (exact) mass is 322 g/mol. The second-order valence-corrected chi connectivity index (χ2v) is 4.74. The molecule has 1 aromatic rings. The van der Waals surface area contributed by atoms with E-state index in [4.69, 9.17) is 5.11 Å². The number of carboxylic acid groups (broad SMARTS) is 1. The number of carboxylic acids is 1. The molecule has 1 rings (SSSR count). The lowest BCUT2D eigenvalue weighted by atomic mass is 10.1. The van der Waals surface area contributed by atoms with Crippen LogP contribution in [-0.2, 0) is 25.7 Å². The van der Waals surface area contributed by atoms with Gasteiger partial charge in [0.15, 0.2) is 0 Å². The van der Waals surface area contributed by atoms with Crippen molar-refractivity contribution in [3.63, 3.8) is 0 Å². The Labute approximate surface area is 133 Å². The minimum absolute atomic E-state index is 0.208. The summed E-state index contributed by atoms with van der Waals surface area (Å²) in [5.74, 6) is -2.77. The largest absolute Gasteiger partial charge is 0.480 e. The van der Waals surface area contributed by atoms with E-state index in [1.807, 2.05) is 0 Å². The third-order valence-electron chi connectivity index (χ3n) is 2.88. The van der Waals surface area contributed by atoms with Crippen LogP contribution < -0.4 is 5.32 Å². The van der Waals surface area contributed by atoms with Gasteiger partial charge in [0.25, 0.3) is 5.91 Å². The quantitative estimate of drug-likeness (QED) is 0.684. The Morgan fingerprint density at radius 1 is 1.22 bits per heavy atom. The molecule has 0 bridgehead atoms. The molecule has 8 nitrogen and oxygen atoms in total. The van der Waals surface area contributed by atoms with Crippen molar-refractivity contribution in [2.75, 3.05) is 20.2 Å². The zero-order valence-electron chi connectivity index (χ0n) is 12.9. The summed E-state index contributed by atoms with van der Waals surface area (Å²) in [5.41, 5.74) is 0.900. The third-order valence-corrected chi connectivity index (χ3v) is 2.88. The summed E-state index contributed by atoms with van der Waals surface area (Å²) in [6.07, 6.45) is 0. The number of methoxy groups -OCH3 is 1. The van der Waals surface area contributed by atoms with Crippen molar-refractivity contribution in [2.45, 2.75) is 13.5 Å². The van der Waals surface area contributed by atoms with Crippen LogP contribution in [0.5, 0.6) is 0 Å². The van der Waals surface area contributed by atoms with E-state index >= 15 is 0 Å². The van der Waals surface area contributed by atoms with Gasteiger partial charge in [0, 0.05) is 19.0 Å². The number of carbonyl (C=O) groups excluding carboxylic acids is 3. The lowest BCUT2D eigenvalue weighted by molar-refractivity contribution is -0.143. The Kier molecular flexibility index (Phi) is 6.72. The number of hydrogen-bond donors (Lipinski definition) is 2.